The maximum Gasteiger partial charge on any atom is 0.315 e. The molecular weight excluding hydrogens is 206 g/mol. The van der Waals surface area contributed by atoms with Gasteiger partial charge in [-0.2, -0.15) is 0 Å². The van der Waals surface area contributed by atoms with E-state index in [-0.39, 0.29) is 12.1 Å². The van der Waals surface area contributed by atoms with E-state index in [1.165, 1.54) is 12.8 Å². The number of hydrogen-bond donors (Lipinski definition) is 2. The van der Waals surface area contributed by atoms with Gasteiger partial charge >= 0.3 is 6.03 Å². The molecule has 2 heterocycles. The van der Waals surface area contributed by atoms with Crippen molar-refractivity contribution in [2.24, 2.45) is 0 Å². The fourth-order valence-electron chi connectivity index (χ4n) is 2.33. The quantitative estimate of drug-likeness (QED) is 0.722. The smallest absolute Gasteiger partial charge is 0.315 e. The summed E-state index contributed by atoms with van der Waals surface area (Å²) in [4.78, 5) is 13.9. The van der Waals surface area contributed by atoms with Crippen molar-refractivity contribution < 1.29 is 9.53 Å². The van der Waals surface area contributed by atoms with Crippen molar-refractivity contribution in [2.75, 3.05) is 33.4 Å². The van der Waals surface area contributed by atoms with Crippen molar-refractivity contribution in [1.29, 1.82) is 0 Å². The van der Waals surface area contributed by atoms with E-state index in [2.05, 4.69) is 22.6 Å². The highest BCUT2D eigenvalue weighted by atomic mass is 16.5. The number of amides is 2. The number of ether oxygens (including phenoxy) is 1. The van der Waals surface area contributed by atoms with Crippen molar-refractivity contribution in [3.63, 3.8) is 0 Å². The highest BCUT2D eigenvalue weighted by Crippen LogP contribution is 2.13. The monoisotopic (exact) mass is 227 g/mol. The van der Waals surface area contributed by atoms with Crippen LogP contribution in [0.4, 0.5) is 4.79 Å². The van der Waals surface area contributed by atoms with Gasteiger partial charge in [0.25, 0.3) is 0 Å². The van der Waals surface area contributed by atoms with Crippen molar-refractivity contribution in [1.82, 2.24) is 15.5 Å². The summed E-state index contributed by atoms with van der Waals surface area (Å²) in [6.45, 7) is 3.30. The van der Waals surface area contributed by atoms with Gasteiger partial charge in [-0.05, 0) is 32.9 Å². The Morgan fingerprint density at radius 1 is 1.50 bits per heavy atom. The van der Waals surface area contributed by atoms with E-state index in [4.69, 9.17) is 4.74 Å². The molecule has 0 radical (unpaired) electrons. The van der Waals surface area contributed by atoms with Crippen LogP contribution in [0.2, 0.25) is 0 Å². The molecule has 0 bridgehead atoms. The summed E-state index contributed by atoms with van der Waals surface area (Å²) in [7, 11) is 2.11. The molecule has 2 aliphatic heterocycles. The summed E-state index contributed by atoms with van der Waals surface area (Å²) in [5, 5.41) is 5.86. The van der Waals surface area contributed by atoms with Crippen LogP contribution in [0.15, 0.2) is 0 Å². The Hall–Kier alpha value is -0.810. The number of hydrogen-bond acceptors (Lipinski definition) is 3. The van der Waals surface area contributed by atoms with Gasteiger partial charge in [0, 0.05) is 19.2 Å². The molecule has 2 atom stereocenters. The van der Waals surface area contributed by atoms with Crippen LogP contribution in [0.25, 0.3) is 0 Å². The van der Waals surface area contributed by atoms with Crippen LogP contribution in [0.5, 0.6) is 0 Å². The van der Waals surface area contributed by atoms with E-state index < -0.39 is 0 Å². The largest absolute Gasteiger partial charge is 0.379 e. The first-order chi connectivity index (χ1) is 7.75. The third-order valence-corrected chi connectivity index (χ3v) is 3.43. The van der Waals surface area contributed by atoms with Gasteiger partial charge in [-0.15, -0.1) is 0 Å². The molecule has 0 saturated carbocycles. The highest BCUT2D eigenvalue weighted by Gasteiger charge is 2.22. The Morgan fingerprint density at radius 3 is 3.00 bits per heavy atom. The topological polar surface area (TPSA) is 53.6 Å². The van der Waals surface area contributed by atoms with Crippen molar-refractivity contribution in [3.8, 4) is 0 Å². The first kappa shape index (κ1) is 11.7. The van der Waals surface area contributed by atoms with E-state index >= 15 is 0 Å². The summed E-state index contributed by atoms with van der Waals surface area (Å²) >= 11 is 0. The Morgan fingerprint density at radius 2 is 2.38 bits per heavy atom. The van der Waals surface area contributed by atoms with Gasteiger partial charge in [0.1, 0.15) is 0 Å². The van der Waals surface area contributed by atoms with Gasteiger partial charge in [0.15, 0.2) is 0 Å². The molecule has 5 heteroatoms. The maximum atomic E-state index is 11.6. The Balaban J connectivity index is 1.63. The van der Waals surface area contributed by atoms with Crippen LogP contribution in [0.3, 0.4) is 0 Å². The molecule has 2 unspecified atom stereocenters. The third kappa shape index (κ3) is 3.09. The SMILES string of the molecule is CN1CCCC1CNC(=O)NC1CCOC1. The summed E-state index contributed by atoms with van der Waals surface area (Å²) in [5.74, 6) is 0. The molecule has 2 rings (SSSR count). The van der Waals surface area contributed by atoms with Gasteiger partial charge in [-0.25, -0.2) is 4.79 Å². The van der Waals surface area contributed by atoms with Crippen LogP contribution in [-0.2, 0) is 4.74 Å². The Labute approximate surface area is 96.5 Å². The van der Waals surface area contributed by atoms with E-state index in [0.717, 1.165) is 26.1 Å². The van der Waals surface area contributed by atoms with Crippen molar-refractivity contribution in [2.45, 2.75) is 31.3 Å². The number of rotatable bonds is 3. The Kier molecular flexibility index (Phi) is 4.01. The highest BCUT2D eigenvalue weighted by molar-refractivity contribution is 5.74. The lowest BCUT2D eigenvalue weighted by atomic mass is 10.2. The fourth-order valence-corrected chi connectivity index (χ4v) is 2.33. The summed E-state index contributed by atoms with van der Waals surface area (Å²) in [5.41, 5.74) is 0. The zero-order chi connectivity index (χ0) is 11.4. The maximum absolute atomic E-state index is 11.6. The van der Waals surface area contributed by atoms with Crippen LogP contribution >= 0.6 is 0 Å². The first-order valence-electron chi connectivity index (χ1n) is 6.08. The number of likely N-dealkylation sites (N-methyl/N-ethyl adjacent to an activating group) is 1. The summed E-state index contributed by atoms with van der Waals surface area (Å²) in [6.07, 6.45) is 3.35. The van der Waals surface area contributed by atoms with Crippen LogP contribution in [0.1, 0.15) is 19.3 Å². The zero-order valence-corrected chi connectivity index (χ0v) is 9.87. The van der Waals surface area contributed by atoms with Crippen LogP contribution in [0, 0.1) is 0 Å². The lowest BCUT2D eigenvalue weighted by Crippen LogP contribution is -2.46. The Bertz CT molecular complexity index is 241. The number of carbonyl (C=O) groups is 1. The van der Waals surface area contributed by atoms with Gasteiger partial charge in [0.05, 0.1) is 12.6 Å². The molecule has 2 aliphatic rings. The molecule has 0 aromatic rings. The molecular formula is C11H21N3O2. The minimum absolute atomic E-state index is 0.0594. The second kappa shape index (κ2) is 5.50. The lowest BCUT2D eigenvalue weighted by Gasteiger charge is -2.20. The first-order valence-corrected chi connectivity index (χ1v) is 6.08. The molecule has 5 nitrogen and oxygen atoms in total. The van der Waals surface area contributed by atoms with Crippen molar-refractivity contribution >= 4 is 6.03 Å². The van der Waals surface area contributed by atoms with E-state index in [1.54, 1.807) is 0 Å². The molecule has 2 fully saturated rings. The second-order valence-corrected chi connectivity index (χ2v) is 4.69. The standard InChI is InChI=1S/C11H21N3O2/c1-14-5-2-3-10(14)7-12-11(15)13-9-4-6-16-8-9/h9-10H,2-8H2,1H3,(H2,12,13,15). The van der Waals surface area contributed by atoms with E-state index in [9.17, 15) is 4.79 Å². The number of nitrogens with one attached hydrogen (secondary N) is 2. The summed E-state index contributed by atoms with van der Waals surface area (Å²) < 4.78 is 5.20. The molecule has 0 spiro atoms. The van der Waals surface area contributed by atoms with Crippen LogP contribution < -0.4 is 10.6 Å². The average molecular weight is 227 g/mol. The molecule has 2 saturated heterocycles. The van der Waals surface area contributed by atoms with E-state index in [0.29, 0.717) is 12.6 Å². The number of urea groups is 1. The number of nitrogens with zero attached hydrogens (tertiary/aromatic N) is 1. The van der Waals surface area contributed by atoms with Gasteiger partial charge < -0.3 is 20.3 Å². The molecule has 0 aliphatic carbocycles. The lowest BCUT2D eigenvalue weighted by molar-refractivity contribution is 0.188. The number of likely N-dealkylation sites (tertiary alicyclic amines) is 1. The average Bonchev–Trinajstić information content (AvgIpc) is 2.87. The second-order valence-electron chi connectivity index (χ2n) is 4.69. The predicted octanol–water partition coefficient (Wildman–Crippen LogP) is 0.169. The van der Waals surface area contributed by atoms with Gasteiger partial charge in [-0.1, -0.05) is 0 Å². The number of carbonyl (C=O) groups excluding carboxylic acids is 1. The normalized spacial score (nSPS) is 30.6. The minimum Gasteiger partial charge on any atom is -0.379 e. The van der Waals surface area contributed by atoms with Crippen molar-refractivity contribution in [3.05, 3.63) is 0 Å². The molecule has 0 aromatic heterocycles. The zero-order valence-electron chi connectivity index (χ0n) is 9.87. The summed E-state index contributed by atoms with van der Waals surface area (Å²) in [6, 6.07) is 0.641. The molecule has 2 amide bonds. The molecule has 2 N–H and O–H groups in total. The molecule has 16 heavy (non-hydrogen) atoms. The minimum atomic E-state index is -0.0594. The molecule has 0 aromatic carbocycles. The molecule has 92 valence electrons. The van der Waals surface area contributed by atoms with Crippen LogP contribution in [-0.4, -0.2) is 56.4 Å². The third-order valence-electron chi connectivity index (χ3n) is 3.43. The predicted molar refractivity (Wildman–Crippen MR) is 61.4 cm³/mol. The van der Waals surface area contributed by atoms with Gasteiger partial charge in [0.2, 0.25) is 0 Å². The van der Waals surface area contributed by atoms with E-state index in [1.807, 2.05) is 0 Å². The van der Waals surface area contributed by atoms with Gasteiger partial charge in [-0.3, -0.25) is 0 Å². The fraction of sp³-hybridized carbons (Fsp3) is 0.909.